The molecule has 0 atom stereocenters. The van der Waals surface area contributed by atoms with E-state index >= 15 is 0 Å². The molecule has 3 N–H and O–H groups in total. The van der Waals surface area contributed by atoms with Gasteiger partial charge in [-0.15, -0.1) is 12.4 Å². The van der Waals surface area contributed by atoms with Crippen molar-refractivity contribution in [1.29, 1.82) is 0 Å². The first-order valence-corrected chi connectivity index (χ1v) is 8.39. The average molecular weight is 357 g/mol. The monoisotopic (exact) mass is 356 g/mol. The van der Waals surface area contributed by atoms with Gasteiger partial charge in [-0.1, -0.05) is 18.2 Å². The van der Waals surface area contributed by atoms with Crippen molar-refractivity contribution in [1.82, 2.24) is 4.72 Å². The topological polar surface area (TPSA) is 81.4 Å². The third-order valence-electron chi connectivity index (χ3n) is 3.29. The number of halogens is 1. The Bertz CT molecular complexity index is 746. The lowest BCUT2D eigenvalue weighted by atomic mass is 10.1. The van der Waals surface area contributed by atoms with E-state index in [2.05, 4.69) is 4.72 Å². The number of nitrogens with one attached hydrogen (secondary N) is 1. The minimum atomic E-state index is -3.60. The van der Waals surface area contributed by atoms with Crippen molar-refractivity contribution in [2.75, 3.05) is 19.4 Å². The summed E-state index contributed by atoms with van der Waals surface area (Å²) in [6, 6.07) is 12.4. The van der Waals surface area contributed by atoms with Gasteiger partial charge in [-0.3, -0.25) is 0 Å². The maximum absolute atomic E-state index is 12.4. The van der Waals surface area contributed by atoms with Gasteiger partial charge in [0.1, 0.15) is 10.6 Å². The highest BCUT2D eigenvalue weighted by Crippen LogP contribution is 2.24. The van der Waals surface area contributed by atoms with Crippen LogP contribution in [0.3, 0.4) is 0 Å². The van der Waals surface area contributed by atoms with Crippen LogP contribution in [0.25, 0.3) is 0 Å². The molecule has 2 aromatic carbocycles. The average Bonchev–Trinajstić information content (AvgIpc) is 2.49. The van der Waals surface area contributed by atoms with Gasteiger partial charge in [0.25, 0.3) is 0 Å². The standard InChI is InChI=1S/C16H20N2O3S.ClH/c1-12-3-8-15(21-2)16(11-12)22(19,20)18-10-9-13-4-6-14(17)7-5-13;/h3-8,11,18H,9-10,17H2,1-2H3;1H. The van der Waals surface area contributed by atoms with Crippen LogP contribution >= 0.6 is 12.4 Å². The minimum absolute atomic E-state index is 0. The molecule has 0 saturated carbocycles. The molecular weight excluding hydrogens is 336 g/mol. The van der Waals surface area contributed by atoms with Gasteiger partial charge < -0.3 is 10.5 Å². The van der Waals surface area contributed by atoms with Crippen molar-refractivity contribution in [3.05, 3.63) is 53.6 Å². The predicted octanol–water partition coefficient (Wildman–Crippen LogP) is 2.53. The minimum Gasteiger partial charge on any atom is -0.495 e. The Hall–Kier alpha value is -1.76. The third-order valence-corrected chi connectivity index (χ3v) is 4.78. The number of hydrogen-bond acceptors (Lipinski definition) is 4. The molecule has 0 unspecified atom stereocenters. The highest BCUT2D eigenvalue weighted by atomic mass is 35.5. The van der Waals surface area contributed by atoms with Gasteiger partial charge in [-0.05, 0) is 48.7 Å². The molecule has 126 valence electrons. The van der Waals surface area contributed by atoms with Crippen LogP contribution in [0.1, 0.15) is 11.1 Å². The summed E-state index contributed by atoms with van der Waals surface area (Å²) in [5.41, 5.74) is 8.19. The second-order valence-electron chi connectivity index (χ2n) is 5.04. The van der Waals surface area contributed by atoms with Crippen LogP contribution < -0.4 is 15.2 Å². The SMILES string of the molecule is COc1ccc(C)cc1S(=O)(=O)NCCc1ccc(N)cc1.Cl. The van der Waals surface area contributed by atoms with Crippen LogP contribution in [0.5, 0.6) is 5.75 Å². The Morgan fingerprint density at radius 2 is 1.78 bits per heavy atom. The summed E-state index contributed by atoms with van der Waals surface area (Å²) in [6.45, 7) is 2.15. The fourth-order valence-corrected chi connectivity index (χ4v) is 3.37. The molecule has 5 nitrogen and oxygen atoms in total. The lowest BCUT2D eigenvalue weighted by Crippen LogP contribution is -2.26. The van der Waals surface area contributed by atoms with E-state index in [9.17, 15) is 8.42 Å². The predicted molar refractivity (Wildman–Crippen MR) is 94.7 cm³/mol. The molecule has 23 heavy (non-hydrogen) atoms. The number of methoxy groups -OCH3 is 1. The second-order valence-corrected chi connectivity index (χ2v) is 6.78. The molecule has 0 amide bonds. The summed E-state index contributed by atoms with van der Waals surface area (Å²) >= 11 is 0. The molecular formula is C16H21ClN2O3S. The highest BCUT2D eigenvalue weighted by molar-refractivity contribution is 7.89. The molecule has 0 saturated heterocycles. The van der Waals surface area contributed by atoms with E-state index < -0.39 is 10.0 Å². The number of aryl methyl sites for hydroxylation is 1. The van der Waals surface area contributed by atoms with E-state index in [0.717, 1.165) is 11.1 Å². The van der Waals surface area contributed by atoms with Gasteiger partial charge in [0.05, 0.1) is 7.11 Å². The summed E-state index contributed by atoms with van der Waals surface area (Å²) in [5, 5.41) is 0. The molecule has 7 heteroatoms. The van der Waals surface area contributed by atoms with Crippen molar-refractivity contribution >= 4 is 28.1 Å². The number of benzene rings is 2. The fourth-order valence-electron chi connectivity index (χ4n) is 2.09. The molecule has 0 bridgehead atoms. The molecule has 0 spiro atoms. The van der Waals surface area contributed by atoms with Gasteiger partial charge in [-0.2, -0.15) is 0 Å². The first kappa shape index (κ1) is 19.3. The Morgan fingerprint density at radius 1 is 1.13 bits per heavy atom. The number of nitrogens with two attached hydrogens (primary N) is 1. The maximum Gasteiger partial charge on any atom is 0.244 e. The summed E-state index contributed by atoms with van der Waals surface area (Å²) in [4.78, 5) is 0.160. The summed E-state index contributed by atoms with van der Waals surface area (Å²) in [5.74, 6) is 0.339. The second kappa shape index (κ2) is 8.19. The van der Waals surface area contributed by atoms with E-state index in [0.29, 0.717) is 24.4 Å². The smallest absolute Gasteiger partial charge is 0.244 e. The molecule has 0 fully saturated rings. The number of anilines is 1. The van der Waals surface area contributed by atoms with Gasteiger partial charge in [0, 0.05) is 12.2 Å². The zero-order valence-corrected chi connectivity index (χ0v) is 14.7. The Labute approximate surface area is 143 Å². The van der Waals surface area contributed by atoms with E-state index in [1.165, 1.54) is 7.11 Å². The van der Waals surface area contributed by atoms with E-state index in [1.54, 1.807) is 24.3 Å². The normalized spacial score (nSPS) is 10.9. The third kappa shape index (κ3) is 5.13. The number of rotatable bonds is 6. The lowest BCUT2D eigenvalue weighted by molar-refractivity contribution is 0.402. The van der Waals surface area contributed by atoms with Crippen LogP contribution in [0.15, 0.2) is 47.4 Å². The van der Waals surface area contributed by atoms with Gasteiger partial charge in [0.2, 0.25) is 10.0 Å². The van der Waals surface area contributed by atoms with Crippen molar-refractivity contribution in [3.63, 3.8) is 0 Å². The number of ether oxygens (including phenoxy) is 1. The summed E-state index contributed by atoms with van der Waals surface area (Å²) in [7, 11) is -2.15. The maximum atomic E-state index is 12.4. The molecule has 0 aromatic heterocycles. The Morgan fingerprint density at radius 3 is 2.39 bits per heavy atom. The van der Waals surface area contributed by atoms with Gasteiger partial charge in [0.15, 0.2) is 0 Å². The van der Waals surface area contributed by atoms with E-state index in [-0.39, 0.29) is 17.3 Å². The van der Waals surface area contributed by atoms with E-state index in [4.69, 9.17) is 10.5 Å². The molecule has 2 aromatic rings. The molecule has 0 aliphatic carbocycles. The quantitative estimate of drug-likeness (QED) is 0.779. The van der Waals surface area contributed by atoms with Crippen molar-refractivity contribution in [2.24, 2.45) is 0 Å². The van der Waals surface area contributed by atoms with Crippen LogP contribution in [-0.4, -0.2) is 22.1 Å². The first-order chi connectivity index (χ1) is 10.4. The van der Waals surface area contributed by atoms with Gasteiger partial charge >= 0.3 is 0 Å². The van der Waals surface area contributed by atoms with Crippen molar-refractivity contribution < 1.29 is 13.2 Å². The number of nitrogen functional groups attached to an aromatic ring is 1. The zero-order valence-electron chi connectivity index (χ0n) is 13.1. The lowest BCUT2D eigenvalue weighted by Gasteiger charge is -2.11. The largest absolute Gasteiger partial charge is 0.495 e. The van der Waals surface area contributed by atoms with Crippen LogP contribution in [-0.2, 0) is 16.4 Å². The molecule has 0 heterocycles. The summed E-state index contributed by atoms with van der Waals surface area (Å²) in [6.07, 6.45) is 0.591. The van der Waals surface area contributed by atoms with Gasteiger partial charge in [-0.25, -0.2) is 13.1 Å². The Kier molecular flexibility index (Phi) is 6.87. The summed E-state index contributed by atoms with van der Waals surface area (Å²) < 4.78 is 32.5. The first-order valence-electron chi connectivity index (χ1n) is 6.91. The Balaban J connectivity index is 0.00000264. The van der Waals surface area contributed by atoms with Crippen molar-refractivity contribution in [2.45, 2.75) is 18.2 Å². The molecule has 0 radical (unpaired) electrons. The van der Waals surface area contributed by atoms with Crippen molar-refractivity contribution in [3.8, 4) is 5.75 Å². The zero-order chi connectivity index (χ0) is 16.2. The number of hydrogen-bond donors (Lipinski definition) is 2. The van der Waals surface area contributed by atoms with Crippen LogP contribution in [0, 0.1) is 6.92 Å². The molecule has 2 rings (SSSR count). The molecule has 0 aliphatic heterocycles. The number of sulfonamides is 1. The van der Waals surface area contributed by atoms with Crippen LogP contribution in [0.2, 0.25) is 0 Å². The highest BCUT2D eigenvalue weighted by Gasteiger charge is 2.19. The molecule has 0 aliphatic rings. The van der Waals surface area contributed by atoms with Crippen LogP contribution in [0.4, 0.5) is 5.69 Å². The fraction of sp³-hybridized carbons (Fsp3) is 0.250. The van der Waals surface area contributed by atoms with E-state index in [1.807, 2.05) is 25.1 Å².